The van der Waals surface area contributed by atoms with Gasteiger partial charge in [0.2, 0.25) is 0 Å². The molecular weight excluding hydrogens is 218 g/mol. The molecule has 0 heterocycles. The van der Waals surface area contributed by atoms with Crippen LogP contribution in [0.2, 0.25) is 0 Å². The highest BCUT2D eigenvalue weighted by atomic mass is 14.7. The van der Waals surface area contributed by atoms with Gasteiger partial charge in [0, 0.05) is 6.04 Å². The van der Waals surface area contributed by atoms with Crippen LogP contribution in [-0.4, -0.2) is 0 Å². The molecule has 2 atom stereocenters. The van der Waals surface area contributed by atoms with Crippen LogP contribution in [0, 0.1) is 25.2 Å². The molecule has 0 aromatic heterocycles. The second-order valence-corrected chi connectivity index (χ2v) is 6.66. The Morgan fingerprint density at radius 1 is 1.22 bits per heavy atom. The topological polar surface area (TPSA) is 26.0 Å². The molecule has 0 radical (unpaired) electrons. The molecule has 1 heteroatoms. The second-order valence-electron chi connectivity index (χ2n) is 6.66. The zero-order chi connectivity index (χ0) is 13.3. The number of rotatable bonds is 2. The van der Waals surface area contributed by atoms with E-state index in [0.717, 1.165) is 0 Å². The molecule has 2 N–H and O–H groups in total. The fourth-order valence-electron chi connectivity index (χ4n) is 3.54. The quantitative estimate of drug-likeness (QED) is 0.814. The van der Waals surface area contributed by atoms with Crippen LogP contribution in [0.3, 0.4) is 0 Å². The van der Waals surface area contributed by atoms with Crippen molar-refractivity contribution in [2.24, 2.45) is 17.1 Å². The third-order valence-electron chi connectivity index (χ3n) is 5.03. The summed E-state index contributed by atoms with van der Waals surface area (Å²) in [6, 6.07) is 6.74. The highest BCUT2D eigenvalue weighted by Crippen LogP contribution is 2.46. The minimum Gasteiger partial charge on any atom is -0.324 e. The Balaban J connectivity index is 2.30. The van der Waals surface area contributed by atoms with E-state index >= 15 is 0 Å². The van der Waals surface area contributed by atoms with Gasteiger partial charge >= 0.3 is 0 Å². The largest absolute Gasteiger partial charge is 0.324 e. The highest BCUT2D eigenvalue weighted by molar-refractivity contribution is 5.35. The van der Waals surface area contributed by atoms with Crippen LogP contribution < -0.4 is 5.73 Å². The molecule has 1 aromatic rings. The van der Waals surface area contributed by atoms with Gasteiger partial charge < -0.3 is 5.73 Å². The first-order valence-corrected chi connectivity index (χ1v) is 7.25. The van der Waals surface area contributed by atoms with Gasteiger partial charge in [-0.15, -0.1) is 0 Å². The van der Waals surface area contributed by atoms with E-state index in [4.69, 9.17) is 5.73 Å². The minimum absolute atomic E-state index is 0.195. The fourth-order valence-corrected chi connectivity index (χ4v) is 3.54. The van der Waals surface area contributed by atoms with Gasteiger partial charge in [0.05, 0.1) is 0 Å². The minimum atomic E-state index is 0.195. The van der Waals surface area contributed by atoms with Gasteiger partial charge in [0.25, 0.3) is 0 Å². The lowest BCUT2D eigenvalue weighted by atomic mass is 9.64. The predicted molar refractivity (Wildman–Crippen MR) is 78.6 cm³/mol. The monoisotopic (exact) mass is 245 g/mol. The molecule has 1 aromatic carbocycles. The van der Waals surface area contributed by atoms with Gasteiger partial charge in [0.1, 0.15) is 0 Å². The Labute approximate surface area is 112 Å². The molecule has 0 bridgehead atoms. The summed E-state index contributed by atoms with van der Waals surface area (Å²) >= 11 is 0. The van der Waals surface area contributed by atoms with Gasteiger partial charge in [-0.2, -0.15) is 0 Å². The van der Waals surface area contributed by atoms with Gasteiger partial charge in [-0.1, -0.05) is 44.9 Å². The van der Waals surface area contributed by atoms with E-state index in [0.29, 0.717) is 11.3 Å². The van der Waals surface area contributed by atoms with Gasteiger partial charge in [0.15, 0.2) is 0 Å². The van der Waals surface area contributed by atoms with Gasteiger partial charge in [-0.25, -0.2) is 0 Å². The maximum atomic E-state index is 6.62. The van der Waals surface area contributed by atoms with E-state index in [1.54, 1.807) is 0 Å². The molecule has 2 rings (SSSR count). The average Bonchev–Trinajstić information content (AvgIpc) is 2.31. The second kappa shape index (κ2) is 5.05. The first-order valence-electron chi connectivity index (χ1n) is 7.25. The van der Waals surface area contributed by atoms with Crippen LogP contribution in [0.25, 0.3) is 0 Å². The van der Waals surface area contributed by atoms with Crippen molar-refractivity contribution in [2.45, 2.75) is 59.4 Å². The number of aryl methyl sites for hydroxylation is 1. The smallest absolute Gasteiger partial charge is 0.0331 e. The Bertz CT molecular complexity index is 420. The lowest BCUT2D eigenvalue weighted by molar-refractivity contribution is 0.112. The molecule has 100 valence electrons. The number of nitrogens with two attached hydrogens (primary N) is 1. The van der Waals surface area contributed by atoms with E-state index in [-0.39, 0.29) is 6.04 Å². The summed E-state index contributed by atoms with van der Waals surface area (Å²) in [5, 5.41) is 0. The summed E-state index contributed by atoms with van der Waals surface area (Å²) in [6.07, 6.45) is 5.30. The van der Waals surface area contributed by atoms with Crippen molar-refractivity contribution in [2.75, 3.05) is 0 Å². The number of benzene rings is 1. The first kappa shape index (κ1) is 13.6. The summed E-state index contributed by atoms with van der Waals surface area (Å²) in [7, 11) is 0. The van der Waals surface area contributed by atoms with Gasteiger partial charge in [-0.05, 0) is 54.7 Å². The molecule has 2 unspecified atom stereocenters. The highest BCUT2D eigenvalue weighted by Gasteiger charge is 2.36. The lowest BCUT2D eigenvalue weighted by Crippen LogP contribution is -2.36. The average molecular weight is 245 g/mol. The van der Waals surface area contributed by atoms with Crippen molar-refractivity contribution in [1.29, 1.82) is 0 Å². The first-order chi connectivity index (χ1) is 8.43. The predicted octanol–water partition coefficient (Wildman–Crippen LogP) is 4.52. The van der Waals surface area contributed by atoms with E-state index in [2.05, 4.69) is 45.9 Å². The van der Waals surface area contributed by atoms with Crippen molar-refractivity contribution < 1.29 is 0 Å². The standard InChI is InChI=1S/C17H27N/c1-12-8-7-9-14(13(12)2)16(18)15-10-5-6-11-17(15,3)4/h7-9,15-16H,5-6,10-11,18H2,1-4H3. The summed E-state index contributed by atoms with van der Waals surface area (Å²) < 4.78 is 0. The lowest BCUT2D eigenvalue weighted by Gasteiger charge is -2.42. The third-order valence-corrected chi connectivity index (χ3v) is 5.03. The number of hydrogen-bond donors (Lipinski definition) is 1. The molecule has 1 aliphatic rings. The fraction of sp³-hybridized carbons (Fsp3) is 0.647. The SMILES string of the molecule is Cc1cccc(C(N)C2CCCCC2(C)C)c1C. The molecule has 0 spiro atoms. The maximum Gasteiger partial charge on any atom is 0.0331 e. The summed E-state index contributed by atoms with van der Waals surface area (Å²) in [5.41, 5.74) is 11.1. The molecule has 1 saturated carbocycles. The molecule has 18 heavy (non-hydrogen) atoms. The maximum absolute atomic E-state index is 6.62. The molecule has 0 amide bonds. The molecule has 1 fully saturated rings. The molecule has 1 aliphatic carbocycles. The zero-order valence-corrected chi connectivity index (χ0v) is 12.3. The molecule has 0 saturated heterocycles. The third kappa shape index (κ3) is 2.47. The van der Waals surface area contributed by atoms with Crippen molar-refractivity contribution in [3.05, 3.63) is 34.9 Å². The Kier molecular flexibility index (Phi) is 3.82. The van der Waals surface area contributed by atoms with Crippen molar-refractivity contribution in [1.82, 2.24) is 0 Å². The number of hydrogen-bond acceptors (Lipinski definition) is 1. The Morgan fingerprint density at radius 2 is 1.94 bits per heavy atom. The van der Waals surface area contributed by atoms with E-state index in [1.807, 2.05) is 0 Å². The van der Waals surface area contributed by atoms with E-state index < -0.39 is 0 Å². The van der Waals surface area contributed by atoms with Crippen LogP contribution in [0.4, 0.5) is 0 Å². The summed E-state index contributed by atoms with van der Waals surface area (Å²) in [5.74, 6) is 0.617. The van der Waals surface area contributed by atoms with Crippen LogP contribution in [0.15, 0.2) is 18.2 Å². The summed E-state index contributed by atoms with van der Waals surface area (Å²) in [4.78, 5) is 0. The van der Waals surface area contributed by atoms with Crippen molar-refractivity contribution in [3.63, 3.8) is 0 Å². The normalized spacial score (nSPS) is 24.8. The van der Waals surface area contributed by atoms with Crippen molar-refractivity contribution >= 4 is 0 Å². The van der Waals surface area contributed by atoms with E-state index in [9.17, 15) is 0 Å². The Hall–Kier alpha value is -0.820. The van der Waals surface area contributed by atoms with E-state index in [1.165, 1.54) is 42.4 Å². The van der Waals surface area contributed by atoms with Crippen molar-refractivity contribution in [3.8, 4) is 0 Å². The molecule has 0 aliphatic heterocycles. The van der Waals surface area contributed by atoms with Crippen LogP contribution in [-0.2, 0) is 0 Å². The summed E-state index contributed by atoms with van der Waals surface area (Å²) in [6.45, 7) is 9.17. The van der Waals surface area contributed by atoms with Crippen LogP contribution in [0.5, 0.6) is 0 Å². The van der Waals surface area contributed by atoms with Crippen LogP contribution >= 0.6 is 0 Å². The zero-order valence-electron chi connectivity index (χ0n) is 12.3. The molecular formula is C17H27N. The Morgan fingerprint density at radius 3 is 2.61 bits per heavy atom. The molecule has 1 nitrogen and oxygen atoms in total. The van der Waals surface area contributed by atoms with Gasteiger partial charge in [-0.3, -0.25) is 0 Å². The van der Waals surface area contributed by atoms with Crippen LogP contribution in [0.1, 0.15) is 62.3 Å².